The molecule has 1 unspecified atom stereocenters. The third-order valence-corrected chi connectivity index (χ3v) is 5.83. The monoisotopic (exact) mass is 450 g/mol. The fourth-order valence-electron chi connectivity index (χ4n) is 3.31. The van der Waals surface area contributed by atoms with Crippen molar-refractivity contribution < 1.29 is 27.1 Å². The first-order chi connectivity index (χ1) is 14.8. The Balaban J connectivity index is 1.83. The van der Waals surface area contributed by atoms with Gasteiger partial charge in [0.1, 0.15) is 5.52 Å². The molecular weight excluding hydrogens is 436 g/mol. The number of H-pyrrole nitrogens is 1. The number of halogens is 4. The number of thiazole rings is 1. The molecule has 0 radical (unpaired) electrons. The summed E-state index contributed by atoms with van der Waals surface area (Å²) in [5.74, 6) is -8.96. The van der Waals surface area contributed by atoms with E-state index in [4.69, 9.17) is 4.74 Å². The number of pyridine rings is 1. The summed E-state index contributed by atoms with van der Waals surface area (Å²) < 4.78 is 59.8. The standard InChI is InChI=1S/C21H14F4N2O3S/c1-2-30-21(29)11(10-7-9-5-3-4-6-12(9)26-20(10)28)8-13-27-18-16(24)14(22)15(23)17(25)19(18)31-13/h3-7,11H,2,8H2,1H3,(H,26,28). The SMILES string of the molecule is CCOC(=O)C(Cc1nc2c(F)c(F)c(F)c(F)c2s1)c1cc2ccccc2[nH]c1=O. The zero-order valence-electron chi connectivity index (χ0n) is 16.0. The Morgan fingerprint density at radius 3 is 2.58 bits per heavy atom. The zero-order chi connectivity index (χ0) is 22.3. The van der Waals surface area contributed by atoms with Crippen molar-refractivity contribution in [2.75, 3.05) is 6.61 Å². The van der Waals surface area contributed by atoms with Gasteiger partial charge in [-0.15, -0.1) is 11.3 Å². The number of aromatic nitrogens is 2. The molecule has 2 aromatic heterocycles. The molecule has 4 rings (SSSR count). The van der Waals surface area contributed by atoms with Crippen LogP contribution < -0.4 is 5.56 Å². The average Bonchev–Trinajstić information content (AvgIpc) is 3.18. The van der Waals surface area contributed by atoms with Crippen LogP contribution in [0.2, 0.25) is 0 Å². The van der Waals surface area contributed by atoms with E-state index in [1.54, 1.807) is 31.2 Å². The Morgan fingerprint density at radius 2 is 1.84 bits per heavy atom. The van der Waals surface area contributed by atoms with E-state index in [0.717, 1.165) is 0 Å². The van der Waals surface area contributed by atoms with E-state index < -0.39 is 50.9 Å². The summed E-state index contributed by atoms with van der Waals surface area (Å²) >= 11 is 0.576. The van der Waals surface area contributed by atoms with E-state index in [2.05, 4.69) is 9.97 Å². The van der Waals surface area contributed by atoms with Gasteiger partial charge in [0.25, 0.3) is 5.56 Å². The molecule has 0 saturated carbocycles. The number of para-hydroxylation sites is 1. The molecular formula is C21H14F4N2O3S. The second-order valence-corrected chi connectivity index (χ2v) is 7.77. The number of rotatable bonds is 5. The van der Waals surface area contributed by atoms with Gasteiger partial charge in [-0.05, 0) is 24.4 Å². The molecule has 160 valence electrons. The minimum Gasteiger partial charge on any atom is -0.466 e. The van der Waals surface area contributed by atoms with E-state index in [1.165, 1.54) is 6.07 Å². The molecule has 2 heterocycles. The Hall–Kier alpha value is -3.27. The molecule has 0 spiro atoms. The second-order valence-electron chi connectivity index (χ2n) is 6.69. The smallest absolute Gasteiger partial charge is 0.314 e. The number of hydrogen-bond donors (Lipinski definition) is 1. The van der Waals surface area contributed by atoms with Crippen molar-refractivity contribution in [3.63, 3.8) is 0 Å². The number of aromatic amines is 1. The molecule has 1 atom stereocenters. The highest BCUT2D eigenvalue weighted by Crippen LogP contribution is 2.33. The van der Waals surface area contributed by atoms with Crippen molar-refractivity contribution in [1.29, 1.82) is 0 Å². The van der Waals surface area contributed by atoms with Crippen LogP contribution in [0.1, 0.15) is 23.4 Å². The van der Waals surface area contributed by atoms with Gasteiger partial charge in [-0.3, -0.25) is 9.59 Å². The first kappa shape index (κ1) is 21.0. The zero-order valence-corrected chi connectivity index (χ0v) is 16.8. The third kappa shape index (κ3) is 3.67. The predicted molar refractivity (Wildman–Crippen MR) is 107 cm³/mol. The summed E-state index contributed by atoms with van der Waals surface area (Å²) in [7, 11) is 0. The predicted octanol–water partition coefficient (Wildman–Crippen LogP) is 4.58. The van der Waals surface area contributed by atoms with Crippen molar-refractivity contribution in [2.45, 2.75) is 19.3 Å². The lowest BCUT2D eigenvalue weighted by molar-refractivity contribution is -0.145. The van der Waals surface area contributed by atoms with Crippen LogP contribution >= 0.6 is 11.3 Å². The van der Waals surface area contributed by atoms with E-state index >= 15 is 0 Å². The molecule has 2 aromatic carbocycles. The highest BCUT2D eigenvalue weighted by molar-refractivity contribution is 7.18. The van der Waals surface area contributed by atoms with Crippen LogP contribution in [0.15, 0.2) is 35.1 Å². The molecule has 1 N–H and O–H groups in total. The summed E-state index contributed by atoms with van der Waals surface area (Å²) in [5, 5.41) is 0.681. The van der Waals surface area contributed by atoms with Crippen LogP contribution in [0.5, 0.6) is 0 Å². The summed E-state index contributed by atoms with van der Waals surface area (Å²) in [4.78, 5) is 31.8. The number of carbonyl (C=O) groups is 1. The Bertz CT molecular complexity index is 1340. The van der Waals surface area contributed by atoms with Gasteiger partial charge in [0.15, 0.2) is 23.3 Å². The van der Waals surface area contributed by atoms with Crippen molar-refractivity contribution >= 4 is 38.4 Å². The molecule has 0 saturated heterocycles. The molecule has 5 nitrogen and oxygen atoms in total. The van der Waals surface area contributed by atoms with Gasteiger partial charge in [-0.25, -0.2) is 22.5 Å². The van der Waals surface area contributed by atoms with Gasteiger partial charge < -0.3 is 9.72 Å². The van der Waals surface area contributed by atoms with Gasteiger partial charge in [0, 0.05) is 17.5 Å². The largest absolute Gasteiger partial charge is 0.466 e. The van der Waals surface area contributed by atoms with Crippen LogP contribution in [0.3, 0.4) is 0 Å². The molecule has 0 aliphatic carbocycles. The van der Waals surface area contributed by atoms with E-state index in [1.807, 2.05) is 0 Å². The summed E-state index contributed by atoms with van der Waals surface area (Å²) in [6, 6.07) is 8.46. The molecule has 0 aliphatic heterocycles. The maximum absolute atomic E-state index is 14.1. The van der Waals surface area contributed by atoms with Crippen molar-refractivity contribution in [1.82, 2.24) is 9.97 Å². The topological polar surface area (TPSA) is 72.0 Å². The van der Waals surface area contributed by atoms with Crippen LogP contribution in [0.4, 0.5) is 17.6 Å². The van der Waals surface area contributed by atoms with Gasteiger partial charge in [0.05, 0.1) is 22.2 Å². The fraction of sp³-hybridized carbons (Fsp3) is 0.190. The molecule has 0 aliphatic rings. The van der Waals surface area contributed by atoms with Gasteiger partial charge in [-0.1, -0.05) is 18.2 Å². The molecule has 0 amide bonds. The van der Waals surface area contributed by atoms with Gasteiger partial charge in [0.2, 0.25) is 0 Å². The molecule has 31 heavy (non-hydrogen) atoms. The Morgan fingerprint density at radius 1 is 1.13 bits per heavy atom. The molecule has 10 heteroatoms. The van der Waals surface area contributed by atoms with Crippen LogP contribution in [-0.2, 0) is 16.0 Å². The number of hydrogen-bond acceptors (Lipinski definition) is 5. The normalized spacial score (nSPS) is 12.4. The lowest BCUT2D eigenvalue weighted by Gasteiger charge is -2.14. The molecule has 4 aromatic rings. The summed E-state index contributed by atoms with van der Waals surface area (Å²) in [5.41, 5.74) is -0.567. The van der Waals surface area contributed by atoms with E-state index in [-0.39, 0.29) is 23.6 Å². The fourth-order valence-corrected chi connectivity index (χ4v) is 4.34. The average molecular weight is 450 g/mol. The second kappa shape index (κ2) is 8.10. The number of nitrogens with one attached hydrogen (secondary N) is 1. The number of ether oxygens (including phenoxy) is 1. The Labute approximate surface area is 176 Å². The van der Waals surface area contributed by atoms with Gasteiger partial charge >= 0.3 is 5.97 Å². The van der Waals surface area contributed by atoms with E-state index in [0.29, 0.717) is 22.2 Å². The highest BCUT2D eigenvalue weighted by atomic mass is 32.1. The lowest BCUT2D eigenvalue weighted by Crippen LogP contribution is -2.25. The maximum atomic E-state index is 14.1. The number of fused-ring (bicyclic) bond motifs is 2. The minimum absolute atomic E-state index is 0.0170. The number of carbonyl (C=O) groups excluding carboxylic acids is 1. The van der Waals surface area contributed by atoms with Crippen molar-refractivity contribution in [3.05, 3.63) is 74.5 Å². The molecule has 0 fully saturated rings. The quantitative estimate of drug-likeness (QED) is 0.209. The minimum atomic E-state index is -1.96. The first-order valence-electron chi connectivity index (χ1n) is 9.21. The van der Waals surface area contributed by atoms with Crippen molar-refractivity contribution in [2.24, 2.45) is 0 Å². The molecule has 0 bridgehead atoms. The number of esters is 1. The van der Waals surface area contributed by atoms with Crippen molar-refractivity contribution in [3.8, 4) is 0 Å². The number of nitrogens with zero attached hydrogens (tertiary/aromatic N) is 1. The van der Waals surface area contributed by atoms with Crippen LogP contribution in [-0.4, -0.2) is 22.5 Å². The highest BCUT2D eigenvalue weighted by Gasteiger charge is 2.29. The number of benzene rings is 2. The van der Waals surface area contributed by atoms with Crippen LogP contribution in [0, 0.1) is 23.3 Å². The summed E-state index contributed by atoms with van der Waals surface area (Å²) in [6.07, 6.45) is -0.248. The lowest BCUT2D eigenvalue weighted by atomic mass is 9.96. The third-order valence-electron chi connectivity index (χ3n) is 4.76. The Kier molecular flexibility index (Phi) is 5.48. The van der Waals surface area contributed by atoms with Crippen LogP contribution in [0.25, 0.3) is 21.1 Å². The summed E-state index contributed by atoms with van der Waals surface area (Å²) in [6.45, 7) is 1.63. The van der Waals surface area contributed by atoms with E-state index in [9.17, 15) is 27.2 Å². The maximum Gasteiger partial charge on any atom is 0.314 e. The van der Waals surface area contributed by atoms with Gasteiger partial charge in [-0.2, -0.15) is 0 Å². The first-order valence-corrected chi connectivity index (χ1v) is 10.0.